The standard InChI is InChI=1S/C23H31N3O3S/c1-5-17-7-9-18(10-8-17)22(26(3)4)15-24-23(27)21-14-20(13-6-16(21)2)30(28,29)25-19-11-12-19/h6-10,13-14,19,22,25H,5,11-12,15H2,1-4H3,(H,24,27). The van der Waals surface area contributed by atoms with Crippen LogP contribution in [0.2, 0.25) is 0 Å². The SMILES string of the molecule is CCc1ccc(C(CNC(=O)c2cc(S(=O)(=O)NC3CC3)ccc2C)N(C)C)cc1. The molecule has 1 atom stereocenters. The minimum Gasteiger partial charge on any atom is -0.350 e. The Morgan fingerprint density at radius 3 is 2.37 bits per heavy atom. The summed E-state index contributed by atoms with van der Waals surface area (Å²) in [4.78, 5) is 15.1. The van der Waals surface area contributed by atoms with Gasteiger partial charge in [-0.15, -0.1) is 0 Å². The predicted molar refractivity (Wildman–Crippen MR) is 119 cm³/mol. The number of amides is 1. The highest BCUT2D eigenvalue weighted by atomic mass is 32.2. The van der Waals surface area contributed by atoms with Crippen LogP contribution < -0.4 is 10.0 Å². The van der Waals surface area contributed by atoms with Gasteiger partial charge in [0.2, 0.25) is 10.0 Å². The monoisotopic (exact) mass is 429 g/mol. The van der Waals surface area contributed by atoms with Crippen molar-refractivity contribution in [2.24, 2.45) is 0 Å². The molecule has 3 rings (SSSR count). The van der Waals surface area contributed by atoms with E-state index >= 15 is 0 Å². The van der Waals surface area contributed by atoms with Gasteiger partial charge in [-0.2, -0.15) is 0 Å². The molecule has 1 aliphatic carbocycles. The van der Waals surface area contributed by atoms with E-state index in [1.54, 1.807) is 12.1 Å². The van der Waals surface area contributed by atoms with Crippen molar-refractivity contribution in [3.05, 3.63) is 64.7 Å². The van der Waals surface area contributed by atoms with Crippen molar-refractivity contribution in [1.29, 1.82) is 0 Å². The molecule has 2 N–H and O–H groups in total. The number of rotatable bonds is 9. The highest BCUT2D eigenvalue weighted by molar-refractivity contribution is 7.89. The van der Waals surface area contributed by atoms with Crippen LogP contribution in [0.4, 0.5) is 0 Å². The van der Waals surface area contributed by atoms with Gasteiger partial charge in [0.15, 0.2) is 0 Å². The first kappa shape index (κ1) is 22.5. The molecule has 1 saturated carbocycles. The molecule has 0 saturated heterocycles. The molecule has 1 amide bonds. The molecule has 0 aromatic heterocycles. The molecule has 2 aromatic carbocycles. The summed E-state index contributed by atoms with van der Waals surface area (Å²) in [5.41, 5.74) is 3.52. The topological polar surface area (TPSA) is 78.5 Å². The summed E-state index contributed by atoms with van der Waals surface area (Å²) in [6, 6.07) is 13.2. The second-order valence-electron chi connectivity index (χ2n) is 8.16. The molecule has 2 aromatic rings. The predicted octanol–water partition coefficient (Wildman–Crippen LogP) is 3.03. The van der Waals surface area contributed by atoms with Crippen molar-refractivity contribution >= 4 is 15.9 Å². The lowest BCUT2D eigenvalue weighted by molar-refractivity contribution is 0.0941. The van der Waals surface area contributed by atoms with Crippen LogP contribution in [0.3, 0.4) is 0 Å². The smallest absolute Gasteiger partial charge is 0.251 e. The molecule has 162 valence electrons. The quantitative estimate of drug-likeness (QED) is 0.642. The number of carbonyl (C=O) groups is 1. The summed E-state index contributed by atoms with van der Waals surface area (Å²) in [6.07, 6.45) is 2.71. The summed E-state index contributed by atoms with van der Waals surface area (Å²) in [6.45, 7) is 4.36. The maximum atomic E-state index is 12.9. The van der Waals surface area contributed by atoms with Gasteiger partial charge in [-0.3, -0.25) is 4.79 Å². The largest absolute Gasteiger partial charge is 0.350 e. The molecule has 0 radical (unpaired) electrons. The van der Waals surface area contributed by atoms with E-state index in [0.29, 0.717) is 12.1 Å². The van der Waals surface area contributed by atoms with E-state index in [4.69, 9.17) is 0 Å². The molecule has 1 unspecified atom stereocenters. The van der Waals surface area contributed by atoms with Crippen molar-refractivity contribution < 1.29 is 13.2 Å². The van der Waals surface area contributed by atoms with Gasteiger partial charge in [0.05, 0.1) is 10.9 Å². The Kier molecular flexibility index (Phi) is 6.95. The average molecular weight is 430 g/mol. The highest BCUT2D eigenvalue weighted by Gasteiger charge is 2.28. The second-order valence-corrected chi connectivity index (χ2v) is 9.87. The molecule has 1 aliphatic rings. The van der Waals surface area contributed by atoms with Gasteiger partial charge in [0.25, 0.3) is 5.91 Å². The van der Waals surface area contributed by atoms with Crippen LogP contribution in [-0.2, 0) is 16.4 Å². The summed E-state index contributed by atoms with van der Waals surface area (Å²) in [5, 5.41) is 2.98. The minimum absolute atomic E-state index is 0.0172. The molecule has 0 aliphatic heterocycles. The number of aryl methyl sites for hydroxylation is 2. The van der Waals surface area contributed by atoms with Crippen molar-refractivity contribution in [2.45, 2.75) is 50.1 Å². The normalized spacial score (nSPS) is 15.2. The molecule has 30 heavy (non-hydrogen) atoms. The summed E-state index contributed by atoms with van der Waals surface area (Å²) in [5.74, 6) is -0.270. The van der Waals surface area contributed by atoms with Crippen molar-refractivity contribution in [3.8, 4) is 0 Å². The Hall–Kier alpha value is -2.22. The van der Waals surface area contributed by atoms with Crippen LogP contribution in [0.5, 0.6) is 0 Å². The van der Waals surface area contributed by atoms with Gasteiger partial charge in [-0.1, -0.05) is 37.3 Å². The van der Waals surface area contributed by atoms with Gasteiger partial charge < -0.3 is 10.2 Å². The summed E-state index contributed by atoms with van der Waals surface area (Å²) < 4.78 is 27.7. The maximum absolute atomic E-state index is 12.9. The van der Waals surface area contributed by atoms with Crippen LogP contribution in [-0.4, -0.2) is 45.9 Å². The van der Waals surface area contributed by atoms with Gasteiger partial charge >= 0.3 is 0 Å². The molecule has 0 spiro atoms. The number of nitrogens with zero attached hydrogens (tertiary/aromatic N) is 1. The van der Waals surface area contributed by atoms with E-state index in [0.717, 1.165) is 30.4 Å². The third-order valence-corrected chi connectivity index (χ3v) is 7.03. The first-order chi connectivity index (χ1) is 14.2. The van der Waals surface area contributed by atoms with Crippen LogP contribution in [0.1, 0.15) is 52.9 Å². The third kappa shape index (κ3) is 5.47. The third-order valence-electron chi connectivity index (χ3n) is 5.52. The van der Waals surface area contributed by atoms with E-state index in [9.17, 15) is 13.2 Å². The lowest BCUT2D eigenvalue weighted by Gasteiger charge is -2.25. The Morgan fingerprint density at radius 1 is 1.13 bits per heavy atom. The maximum Gasteiger partial charge on any atom is 0.251 e. The number of sulfonamides is 1. The van der Waals surface area contributed by atoms with E-state index in [2.05, 4.69) is 46.1 Å². The first-order valence-corrected chi connectivity index (χ1v) is 11.9. The Bertz CT molecular complexity index is 997. The molecule has 6 nitrogen and oxygen atoms in total. The minimum atomic E-state index is -3.60. The molecular formula is C23H31N3O3S. The van der Waals surface area contributed by atoms with E-state index in [1.165, 1.54) is 11.6 Å². The van der Waals surface area contributed by atoms with Gasteiger partial charge in [0, 0.05) is 18.2 Å². The highest BCUT2D eigenvalue weighted by Crippen LogP contribution is 2.24. The van der Waals surface area contributed by atoms with Crippen LogP contribution in [0.25, 0.3) is 0 Å². The second kappa shape index (κ2) is 9.29. The van der Waals surface area contributed by atoms with Gasteiger partial charge in [-0.05, 0) is 69.1 Å². The zero-order valence-electron chi connectivity index (χ0n) is 18.1. The van der Waals surface area contributed by atoms with Gasteiger partial charge in [0.1, 0.15) is 0 Å². The van der Waals surface area contributed by atoms with E-state index in [-0.39, 0.29) is 22.9 Å². The fourth-order valence-electron chi connectivity index (χ4n) is 3.36. The number of nitrogens with one attached hydrogen (secondary N) is 2. The molecule has 0 bridgehead atoms. The lowest BCUT2D eigenvalue weighted by atomic mass is 10.0. The summed E-state index contributed by atoms with van der Waals surface area (Å²) >= 11 is 0. The number of hydrogen-bond acceptors (Lipinski definition) is 4. The van der Waals surface area contributed by atoms with Crippen LogP contribution in [0.15, 0.2) is 47.4 Å². The Labute approximate surface area is 179 Å². The van der Waals surface area contributed by atoms with Crippen LogP contribution in [0, 0.1) is 6.92 Å². The first-order valence-electron chi connectivity index (χ1n) is 10.4. The van der Waals surface area contributed by atoms with Gasteiger partial charge in [-0.25, -0.2) is 13.1 Å². The molecule has 0 heterocycles. The van der Waals surface area contributed by atoms with Crippen LogP contribution >= 0.6 is 0 Å². The van der Waals surface area contributed by atoms with Crippen molar-refractivity contribution in [1.82, 2.24) is 14.9 Å². The molecule has 7 heteroatoms. The van der Waals surface area contributed by atoms with E-state index < -0.39 is 10.0 Å². The molecule has 1 fully saturated rings. The van der Waals surface area contributed by atoms with Crippen molar-refractivity contribution in [2.75, 3.05) is 20.6 Å². The fourth-order valence-corrected chi connectivity index (χ4v) is 4.69. The lowest BCUT2D eigenvalue weighted by Crippen LogP contribution is -2.35. The number of hydrogen-bond donors (Lipinski definition) is 2. The zero-order chi connectivity index (χ0) is 21.9. The molecular weight excluding hydrogens is 398 g/mol. The van der Waals surface area contributed by atoms with E-state index in [1.807, 2.05) is 21.0 Å². The number of likely N-dealkylation sites (N-methyl/N-ethyl adjacent to an activating group) is 1. The Morgan fingerprint density at radius 2 is 1.80 bits per heavy atom. The summed E-state index contributed by atoms with van der Waals surface area (Å²) in [7, 11) is 0.355. The average Bonchev–Trinajstić information content (AvgIpc) is 3.51. The fraction of sp³-hybridized carbons (Fsp3) is 0.435. The Balaban J connectivity index is 1.74. The van der Waals surface area contributed by atoms with Crippen molar-refractivity contribution in [3.63, 3.8) is 0 Å². The zero-order valence-corrected chi connectivity index (χ0v) is 18.9. The number of benzene rings is 2. The number of carbonyl (C=O) groups excluding carboxylic acids is 1.